The Bertz CT molecular complexity index is 542. The summed E-state index contributed by atoms with van der Waals surface area (Å²) in [5.74, 6) is 0.744. The molecule has 1 heterocycles. The Balaban J connectivity index is 2.19. The van der Waals surface area contributed by atoms with Crippen molar-refractivity contribution in [1.82, 2.24) is 9.55 Å². The molecule has 6 heteroatoms. The number of anilines is 2. The molecular weight excluding hydrogens is 249 g/mol. The van der Waals surface area contributed by atoms with Crippen LogP contribution in [0.2, 0.25) is 0 Å². The number of nitrogens with one attached hydrogen (secondary N) is 1. The smallest absolute Gasteiger partial charge is 0.207 e. The third kappa shape index (κ3) is 3.23. The van der Waals surface area contributed by atoms with E-state index in [0.29, 0.717) is 30.5 Å². The van der Waals surface area contributed by atoms with Gasteiger partial charge in [0.2, 0.25) is 5.95 Å². The molecule has 2 aromatic rings. The van der Waals surface area contributed by atoms with E-state index in [-0.39, 0.29) is 5.82 Å². The van der Waals surface area contributed by atoms with Crippen LogP contribution in [0.5, 0.6) is 5.75 Å². The summed E-state index contributed by atoms with van der Waals surface area (Å²) in [4.78, 5) is 4.21. The fraction of sp³-hybridized carbons (Fsp3) is 0.308. The molecule has 0 saturated heterocycles. The Morgan fingerprint density at radius 1 is 1.37 bits per heavy atom. The van der Waals surface area contributed by atoms with Crippen molar-refractivity contribution in [2.75, 3.05) is 26.1 Å². The fourth-order valence-corrected chi connectivity index (χ4v) is 1.69. The van der Waals surface area contributed by atoms with Gasteiger partial charge in [0.25, 0.3) is 0 Å². The van der Waals surface area contributed by atoms with Crippen LogP contribution in [0, 0.1) is 5.82 Å². The van der Waals surface area contributed by atoms with Crippen molar-refractivity contribution in [3.63, 3.8) is 0 Å². The second-order valence-electron chi connectivity index (χ2n) is 3.91. The fourth-order valence-electron chi connectivity index (χ4n) is 1.69. The summed E-state index contributed by atoms with van der Waals surface area (Å²) in [6, 6.07) is 4.31. The SMILES string of the molecule is COCCn1ccnc1Nc1ccc(F)cc1OC. The minimum Gasteiger partial charge on any atom is -0.494 e. The normalized spacial score (nSPS) is 10.5. The second-order valence-corrected chi connectivity index (χ2v) is 3.91. The first-order valence-corrected chi connectivity index (χ1v) is 5.85. The van der Waals surface area contributed by atoms with Gasteiger partial charge < -0.3 is 19.4 Å². The highest BCUT2D eigenvalue weighted by atomic mass is 19.1. The van der Waals surface area contributed by atoms with E-state index in [4.69, 9.17) is 9.47 Å². The number of halogens is 1. The Morgan fingerprint density at radius 3 is 2.95 bits per heavy atom. The highest BCUT2D eigenvalue weighted by Gasteiger charge is 2.08. The maximum absolute atomic E-state index is 13.1. The number of benzene rings is 1. The van der Waals surface area contributed by atoms with Crippen LogP contribution in [0.15, 0.2) is 30.6 Å². The van der Waals surface area contributed by atoms with Gasteiger partial charge >= 0.3 is 0 Å². The third-order valence-electron chi connectivity index (χ3n) is 2.66. The molecule has 0 aliphatic rings. The molecule has 5 nitrogen and oxygen atoms in total. The Hall–Kier alpha value is -2.08. The molecule has 0 aliphatic heterocycles. The van der Waals surface area contributed by atoms with Crippen LogP contribution in [0.4, 0.5) is 16.0 Å². The first-order chi connectivity index (χ1) is 9.24. The summed E-state index contributed by atoms with van der Waals surface area (Å²) in [7, 11) is 3.14. The minimum atomic E-state index is -0.342. The van der Waals surface area contributed by atoms with Gasteiger partial charge in [-0.3, -0.25) is 0 Å². The molecule has 0 radical (unpaired) electrons. The number of nitrogens with zero attached hydrogens (tertiary/aromatic N) is 2. The number of rotatable bonds is 6. The molecule has 19 heavy (non-hydrogen) atoms. The Morgan fingerprint density at radius 2 is 2.21 bits per heavy atom. The molecule has 0 unspecified atom stereocenters. The van der Waals surface area contributed by atoms with Crippen molar-refractivity contribution in [3.8, 4) is 5.75 Å². The molecule has 0 aliphatic carbocycles. The number of hydrogen-bond donors (Lipinski definition) is 1. The zero-order valence-electron chi connectivity index (χ0n) is 10.9. The zero-order chi connectivity index (χ0) is 13.7. The van der Waals surface area contributed by atoms with Gasteiger partial charge in [0, 0.05) is 32.1 Å². The predicted molar refractivity (Wildman–Crippen MR) is 70.3 cm³/mol. The lowest BCUT2D eigenvalue weighted by atomic mass is 10.3. The van der Waals surface area contributed by atoms with Crippen LogP contribution in [-0.4, -0.2) is 30.4 Å². The first-order valence-electron chi connectivity index (χ1n) is 5.85. The standard InChI is InChI=1S/C13H16FN3O2/c1-18-8-7-17-6-5-15-13(17)16-11-4-3-10(14)9-12(11)19-2/h3-6,9H,7-8H2,1-2H3,(H,15,16). The van der Waals surface area contributed by atoms with Gasteiger partial charge in [-0.2, -0.15) is 0 Å². The van der Waals surface area contributed by atoms with Crippen molar-refractivity contribution in [3.05, 3.63) is 36.4 Å². The van der Waals surface area contributed by atoms with Gasteiger partial charge in [-0.15, -0.1) is 0 Å². The molecule has 0 atom stereocenters. The lowest BCUT2D eigenvalue weighted by Gasteiger charge is -2.12. The van der Waals surface area contributed by atoms with Crippen LogP contribution < -0.4 is 10.1 Å². The maximum Gasteiger partial charge on any atom is 0.207 e. The van der Waals surface area contributed by atoms with E-state index in [9.17, 15) is 4.39 Å². The molecule has 1 aromatic carbocycles. The number of methoxy groups -OCH3 is 2. The molecule has 2 rings (SSSR count). The van der Waals surface area contributed by atoms with Gasteiger partial charge in [0.1, 0.15) is 11.6 Å². The summed E-state index contributed by atoms with van der Waals surface area (Å²) < 4.78 is 25.2. The monoisotopic (exact) mass is 265 g/mol. The van der Waals surface area contributed by atoms with Crippen LogP contribution in [0.25, 0.3) is 0 Å². The summed E-state index contributed by atoms with van der Waals surface area (Å²) in [6.45, 7) is 1.27. The maximum atomic E-state index is 13.1. The van der Waals surface area contributed by atoms with Gasteiger partial charge in [0.15, 0.2) is 0 Å². The molecule has 0 fully saturated rings. The Kier molecular flexibility index (Phi) is 4.35. The van der Waals surface area contributed by atoms with E-state index < -0.39 is 0 Å². The van der Waals surface area contributed by atoms with E-state index in [1.165, 1.54) is 19.2 Å². The first kappa shape index (κ1) is 13.4. The second kappa shape index (κ2) is 6.19. The van der Waals surface area contributed by atoms with Crippen molar-refractivity contribution in [2.24, 2.45) is 0 Å². The molecule has 1 N–H and O–H groups in total. The van der Waals surface area contributed by atoms with Gasteiger partial charge in [-0.05, 0) is 12.1 Å². The number of imidazole rings is 1. The van der Waals surface area contributed by atoms with E-state index in [1.807, 2.05) is 10.8 Å². The number of ether oxygens (including phenoxy) is 2. The van der Waals surface area contributed by atoms with Crippen molar-refractivity contribution in [1.29, 1.82) is 0 Å². The molecule has 102 valence electrons. The summed E-state index contributed by atoms with van der Waals surface area (Å²) >= 11 is 0. The largest absolute Gasteiger partial charge is 0.494 e. The molecular formula is C13H16FN3O2. The molecule has 0 amide bonds. The highest BCUT2D eigenvalue weighted by molar-refractivity contribution is 5.62. The van der Waals surface area contributed by atoms with Gasteiger partial charge in [-0.1, -0.05) is 0 Å². The van der Waals surface area contributed by atoms with Gasteiger partial charge in [0.05, 0.1) is 19.4 Å². The van der Waals surface area contributed by atoms with E-state index in [2.05, 4.69) is 10.3 Å². The van der Waals surface area contributed by atoms with Gasteiger partial charge in [-0.25, -0.2) is 9.37 Å². The van der Waals surface area contributed by atoms with Crippen LogP contribution in [0.3, 0.4) is 0 Å². The molecule has 0 bridgehead atoms. The van der Waals surface area contributed by atoms with Crippen molar-refractivity contribution >= 4 is 11.6 Å². The summed E-state index contributed by atoms with van der Waals surface area (Å²) in [5, 5.41) is 3.11. The molecule has 0 saturated carbocycles. The zero-order valence-corrected chi connectivity index (χ0v) is 10.9. The quantitative estimate of drug-likeness (QED) is 0.871. The topological polar surface area (TPSA) is 48.3 Å². The third-order valence-corrected chi connectivity index (χ3v) is 2.66. The highest BCUT2D eigenvalue weighted by Crippen LogP contribution is 2.27. The van der Waals surface area contributed by atoms with Crippen molar-refractivity contribution in [2.45, 2.75) is 6.54 Å². The minimum absolute atomic E-state index is 0.342. The average molecular weight is 265 g/mol. The number of hydrogen-bond acceptors (Lipinski definition) is 4. The molecule has 1 aromatic heterocycles. The van der Waals surface area contributed by atoms with Crippen LogP contribution in [-0.2, 0) is 11.3 Å². The van der Waals surface area contributed by atoms with E-state index in [1.54, 1.807) is 19.4 Å². The summed E-state index contributed by atoms with van der Waals surface area (Å²) in [5.41, 5.74) is 0.661. The van der Waals surface area contributed by atoms with E-state index in [0.717, 1.165) is 0 Å². The van der Waals surface area contributed by atoms with Crippen molar-refractivity contribution < 1.29 is 13.9 Å². The van der Waals surface area contributed by atoms with E-state index >= 15 is 0 Å². The summed E-state index contributed by atoms with van der Waals surface area (Å²) in [6.07, 6.45) is 3.53. The number of aromatic nitrogens is 2. The average Bonchev–Trinajstić information content (AvgIpc) is 2.85. The predicted octanol–water partition coefficient (Wildman–Crippen LogP) is 2.42. The molecule has 0 spiro atoms. The lowest BCUT2D eigenvalue weighted by Crippen LogP contribution is -2.07. The lowest BCUT2D eigenvalue weighted by molar-refractivity contribution is 0.188. The van der Waals surface area contributed by atoms with Crippen LogP contribution in [0.1, 0.15) is 0 Å². The van der Waals surface area contributed by atoms with Crippen LogP contribution >= 0.6 is 0 Å². The Labute approximate surface area is 111 Å².